The molecule has 0 saturated heterocycles. The highest BCUT2D eigenvalue weighted by atomic mass is 32.2. The molecule has 0 saturated carbocycles. The Morgan fingerprint density at radius 2 is 1.40 bits per heavy atom. The molecule has 0 bridgehead atoms. The van der Waals surface area contributed by atoms with Gasteiger partial charge in [0, 0.05) is 20.0 Å². The lowest BCUT2D eigenvalue weighted by Crippen LogP contribution is -2.52. The van der Waals surface area contributed by atoms with E-state index in [9.17, 15) is 22.4 Å². The van der Waals surface area contributed by atoms with Crippen LogP contribution in [-0.4, -0.2) is 51.0 Å². The summed E-state index contributed by atoms with van der Waals surface area (Å²) >= 11 is 0. The van der Waals surface area contributed by atoms with Crippen LogP contribution in [0.25, 0.3) is 0 Å². The SMILES string of the molecule is CNC(=O)C(Cc1ccccc1)N(Cc1ccc(F)cc1)C(=O)CN(c1ccc(OCc2ccccc2)cc1)S(C)(=O)=O. The van der Waals surface area contributed by atoms with Crippen LogP contribution in [0.15, 0.2) is 109 Å². The maximum Gasteiger partial charge on any atom is 0.244 e. The van der Waals surface area contributed by atoms with Crippen molar-refractivity contribution in [3.63, 3.8) is 0 Å². The summed E-state index contributed by atoms with van der Waals surface area (Å²) in [5.74, 6) is -0.908. The van der Waals surface area contributed by atoms with Crippen molar-refractivity contribution in [3.05, 3.63) is 132 Å². The summed E-state index contributed by atoms with van der Waals surface area (Å²) in [7, 11) is -2.43. The molecule has 4 aromatic rings. The molecule has 2 amide bonds. The largest absolute Gasteiger partial charge is 0.489 e. The standard InChI is InChI=1S/C33H34FN3O5S/c1-35-33(39)31(21-25-9-5-3-6-10-25)36(22-26-13-15-28(34)16-14-26)32(38)23-37(43(2,40)41)29-17-19-30(20-18-29)42-24-27-11-7-4-8-12-27/h3-20,31H,21-24H2,1-2H3,(H,35,39). The molecular formula is C33H34FN3O5S. The third-order valence-electron chi connectivity index (χ3n) is 6.84. The first-order valence-corrected chi connectivity index (χ1v) is 15.5. The average molecular weight is 604 g/mol. The van der Waals surface area contributed by atoms with E-state index < -0.39 is 40.2 Å². The molecule has 0 fully saturated rings. The fourth-order valence-corrected chi connectivity index (χ4v) is 5.42. The van der Waals surface area contributed by atoms with Gasteiger partial charge in [0.05, 0.1) is 11.9 Å². The van der Waals surface area contributed by atoms with Crippen molar-refractivity contribution in [1.29, 1.82) is 0 Å². The van der Waals surface area contributed by atoms with Gasteiger partial charge in [-0.1, -0.05) is 72.8 Å². The summed E-state index contributed by atoms with van der Waals surface area (Å²) in [4.78, 5) is 28.5. The topological polar surface area (TPSA) is 96.0 Å². The Kier molecular flexibility index (Phi) is 10.5. The van der Waals surface area contributed by atoms with Gasteiger partial charge in [-0.25, -0.2) is 12.8 Å². The summed E-state index contributed by atoms with van der Waals surface area (Å²) < 4.78 is 46.3. The van der Waals surface area contributed by atoms with Crippen LogP contribution in [-0.2, 0) is 39.2 Å². The normalized spacial score (nSPS) is 11.8. The van der Waals surface area contributed by atoms with Gasteiger partial charge in [0.15, 0.2) is 0 Å². The van der Waals surface area contributed by atoms with Crippen LogP contribution in [0.2, 0.25) is 0 Å². The molecule has 0 radical (unpaired) electrons. The van der Waals surface area contributed by atoms with E-state index in [-0.39, 0.29) is 18.7 Å². The van der Waals surface area contributed by atoms with Gasteiger partial charge in [0.2, 0.25) is 21.8 Å². The van der Waals surface area contributed by atoms with Gasteiger partial charge in [-0.2, -0.15) is 0 Å². The van der Waals surface area contributed by atoms with Gasteiger partial charge in [-0.15, -0.1) is 0 Å². The monoisotopic (exact) mass is 603 g/mol. The zero-order valence-corrected chi connectivity index (χ0v) is 24.8. The molecule has 43 heavy (non-hydrogen) atoms. The number of carbonyl (C=O) groups is 2. The number of amides is 2. The number of likely N-dealkylation sites (N-methyl/N-ethyl adjacent to an activating group) is 1. The molecule has 0 aliphatic rings. The van der Waals surface area contributed by atoms with Crippen LogP contribution in [0.3, 0.4) is 0 Å². The molecule has 4 rings (SSSR count). The van der Waals surface area contributed by atoms with E-state index in [1.165, 1.54) is 36.2 Å². The lowest BCUT2D eigenvalue weighted by Gasteiger charge is -2.33. The lowest BCUT2D eigenvalue weighted by atomic mass is 10.0. The Hall–Kier alpha value is -4.70. The van der Waals surface area contributed by atoms with Crippen LogP contribution >= 0.6 is 0 Å². The number of sulfonamides is 1. The molecule has 1 unspecified atom stereocenters. The van der Waals surface area contributed by atoms with E-state index in [1.807, 2.05) is 60.7 Å². The van der Waals surface area contributed by atoms with Crippen LogP contribution < -0.4 is 14.4 Å². The van der Waals surface area contributed by atoms with Crippen LogP contribution in [0.5, 0.6) is 5.75 Å². The second-order valence-corrected chi connectivity index (χ2v) is 11.9. The highest BCUT2D eigenvalue weighted by Gasteiger charge is 2.32. The zero-order valence-electron chi connectivity index (χ0n) is 24.0. The predicted octanol–water partition coefficient (Wildman–Crippen LogP) is 4.56. The second kappa shape index (κ2) is 14.5. The Labute approximate surface area is 251 Å². The van der Waals surface area contributed by atoms with E-state index in [1.54, 1.807) is 24.3 Å². The quantitative estimate of drug-likeness (QED) is 0.242. The number of anilines is 1. The Morgan fingerprint density at radius 3 is 1.95 bits per heavy atom. The average Bonchev–Trinajstić information content (AvgIpc) is 3.01. The first kappa shape index (κ1) is 31.2. The molecule has 224 valence electrons. The molecule has 1 atom stereocenters. The summed E-state index contributed by atoms with van der Waals surface area (Å²) in [6.45, 7) is -0.241. The van der Waals surface area contributed by atoms with Crippen molar-refractivity contribution in [1.82, 2.24) is 10.2 Å². The number of ether oxygens (including phenoxy) is 1. The number of hydrogen-bond acceptors (Lipinski definition) is 5. The minimum absolute atomic E-state index is 0.0338. The predicted molar refractivity (Wildman–Crippen MR) is 164 cm³/mol. The first-order chi connectivity index (χ1) is 20.6. The summed E-state index contributed by atoms with van der Waals surface area (Å²) in [6.07, 6.45) is 1.21. The minimum atomic E-state index is -3.91. The van der Waals surface area contributed by atoms with Crippen molar-refractivity contribution in [2.24, 2.45) is 0 Å². The number of nitrogens with zero attached hydrogens (tertiary/aromatic N) is 2. The number of benzene rings is 4. The molecule has 0 aliphatic heterocycles. The van der Waals surface area contributed by atoms with Crippen molar-refractivity contribution in [2.75, 3.05) is 24.2 Å². The number of hydrogen-bond donors (Lipinski definition) is 1. The fourth-order valence-electron chi connectivity index (χ4n) is 4.57. The Morgan fingerprint density at radius 1 is 0.814 bits per heavy atom. The summed E-state index contributed by atoms with van der Waals surface area (Å²) in [5, 5.41) is 2.62. The minimum Gasteiger partial charge on any atom is -0.489 e. The Balaban J connectivity index is 1.61. The van der Waals surface area contributed by atoms with Crippen LogP contribution in [0, 0.1) is 5.82 Å². The number of nitrogens with one attached hydrogen (secondary N) is 1. The molecule has 0 heterocycles. The molecule has 1 N–H and O–H groups in total. The van der Waals surface area contributed by atoms with Gasteiger partial charge >= 0.3 is 0 Å². The van der Waals surface area contributed by atoms with Gasteiger partial charge in [0.1, 0.15) is 30.8 Å². The van der Waals surface area contributed by atoms with Crippen molar-refractivity contribution < 1.29 is 27.1 Å². The maximum absolute atomic E-state index is 14.0. The molecule has 0 spiro atoms. The third-order valence-corrected chi connectivity index (χ3v) is 7.98. The van der Waals surface area contributed by atoms with Gasteiger partial charge < -0.3 is 15.0 Å². The van der Waals surface area contributed by atoms with E-state index in [4.69, 9.17) is 4.74 Å². The number of rotatable bonds is 13. The molecule has 0 aromatic heterocycles. The van der Waals surface area contributed by atoms with Crippen molar-refractivity contribution in [3.8, 4) is 5.75 Å². The van der Waals surface area contributed by atoms with E-state index in [0.29, 0.717) is 17.9 Å². The van der Waals surface area contributed by atoms with E-state index in [0.717, 1.165) is 21.7 Å². The molecule has 10 heteroatoms. The fraction of sp³-hybridized carbons (Fsp3) is 0.212. The third kappa shape index (κ3) is 8.89. The molecule has 4 aromatic carbocycles. The highest BCUT2D eigenvalue weighted by molar-refractivity contribution is 7.92. The molecule has 0 aliphatic carbocycles. The highest BCUT2D eigenvalue weighted by Crippen LogP contribution is 2.24. The summed E-state index contributed by atoms with van der Waals surface area (Å²) in [6, 6.07) is 29.9. The number of carbonyl (C=O) groups excluding carboxylic acids is 2. The van der Waals surface area contributed by atoms with Crippen LogP contribution in [0.4, 0.5) is 10.1 Å². The molecule has 8 nitrogen and oxygen atoms in total. The van der Waals surface area contributed by atoms with Gasteiger partial charge in [-0.3, -0.25) is 13.9 Å². The zero-order chi connectivity index (χ0) is 30.8. The van der Waals surface area contributed by atoms with Gasteiger partial charge in [-0.05, 0) is 53.1 Å². The van der Waals surface area contributed by atoms with Crippen LogP contribution in [0.1, 0.15) is 16.7 Å². The van der Waals surface area contributed by atoms with Gasteiger partial charge in [0.25, 0.3) is 0 Å². The van der Waals surface area contributed by atoms with Crippen molar-refractivity contribution in [2.45, 2.75) is 25.6 Å². The number of halogens is 1. The maximum atomic E-state index is 14.0. The van der Waals surface area contributed by atoms with Crippen molar-refractivity contribution >= 4 is 27.5 Å². The summed E-state index contributed by atoms with van der Waals surface area (Å²) in [5.41, 5.74) is 2.66. The van der Waals surface area contributed by atoms with E-state index >= 15 is 0 Å². The second-order valence-electron chi connectivity index (χ2n) is 10.0. The first-order valence-electron chi connectivity index (χ1n) is 13.7. The van der Waals surface area contributed by atoms with E-state index in [2.05, 4.69) is 5.32 Å². The molecular weight excluding hydrogens is 569 g/mol. The Bertz CT molecular complexity index is 1600. The smallest absolute Gasteiger partial charge is 0.244 e. The lowest BCUT2D eigenvalue weighted by molar-refractivity contribution is -0.139.